The summed E-state index contributed by atoms with van der Waals surface area (Å²) >= 11 is 5.79. The lowest BCUT2D eigenvalue weighted by atomic mass is 10.1. The van der Waals surface area contributed by atoms with E-state index in [0.29, 0.717) is 11.6 Å². The number of alkyl carbamates (subject to hydrolysis) is 3. The van der Waals surface area contributed by atoms with E-state index in [4.69, 9.17) is 30.5 Å². The van der Waals surface area contributed by atoms with Gasteiger partial charge in [-0.1, -0.05) is 12.1 Å². The quantitative estimate of drug-likeness (QED) is 0.0807. The molecule has 270 valence electrons. The number of aliphatic imine (C=N–C) groups is 1. The van der Waals surface area contributed by atoms with Gasteiger partial charge in [0.1, 0.15) is 28.6 Å². The van der Waals surface area contributed by atoms with Crippen LogP contribution >= 0.6 is 11.6 Å². The second-order valence-corrected chi connectivity index (χ2v) is 14.0. The number of guanidine groups is 1. The first-order valence-electron chi connectivity index (χ1n) is 15.5. The van der Waals surface area contributed by atoms with Gasteiger partial charge in [0.25, 0.3) is 0 Å². The topological polar surface area (TPSA) is 186 Å². The second-order valence-electron chi connectivity index (χ2n) is 13.7. The van der Waals surface area contributed by atoms with Gasteiger partial charge in [-0.2, -0.15) is 0 Å². The van der Waals surface area contributed by atoms with Crippen LogP contribution in [0.15, 0.2) is 29.3 Å². The SMILES string of the molecule is CN(CCNC(=O)[C@H](CCCN=C(NC(=O)OC(C)(C)C)NC(=O)OC(C)(C)C)NC(=O)OC(C)(C)C)C(=O)Oc1ccc(CCl)cc1. The molecule has 48 heavy (non-hydrogen) atoms. The van der Waals surface area contributed by atoms with Crippen LogP contribution in [0.2, 0.25) is 0 Å². The summed E-state index contributed by atoms with van der Waals surface area (Å²) in [5, 5.41) is 10.0. The van der Waals surface area contributed by atoms with Gasteiger partial charge in [0.05, 0.1) is 0 Å². The number of likely N-dealkylation sites (N-methyl/N-ethyl adjacent to an activating group) is 1. The number of amides is 5. The van der Waals surface area contributed by atoms with Gasteiger partial charge in [0.15, 0.2) is 0 Å². The van der Waals surface area contributed by atoms with E-state index >= 15 is 0 Å². The maximum Gasteiger partial charge on any atom is 0.415 e. The normalized spacial score (nSPS) is 12.1. The number of carbonyl (C=O) groups excluding carboxylic acids is 5. The Morgan fingerprint density at radius 2 is 1.31 bits per heavy atom. The van der Waals surface area contributed by atoms with Crippen molar-refractivity contribution >= 4 is 47.8 Å². The zero-order valence-electron chi connectivity index (χ0n) is 29.6. The molecule has 1 aromatic carbocycles. The van der Waals surface area contributed by atoms with Crippen LogP contribution in [0.5, 0.6) is 5.75 Å². The van der Waals surface area contributed by atoms with Crippen molar-refractivity contribution in [1.29, 1.82) is 0 Å². The molecule has 0 unspecified atom stereocenters. The van der Waals surface area contributed by atoms with Gasteiger partial charge in [0.2, 0.25) is 11.9 Å². The predicted molar refractivity (Wildman–Crippen MR) is 181 cm³/mol. The summed E-state index contributed by atoms with van der Waals surface area (Å²) in [4.78, 5) is 68.3. The zero-order chi connectivity index (χ0) is 36.7. The highest BCUT2D eigenvalue weighted by molar-refractivity contribution is 6.17. The lowest BCUT2D eigenvalue weighted by Crippen LogP contribution is -2.49. The Morgan fingerprint density at radius 1 is 0.812 bits per heavy atom. The van der Waals surface area contributed by atoms with Gasteiger partial charge >= 0.3 is 24.4 Å². The minimum absolute atomic E-state index is 0.0289. The van der Waals surface area contributed by atoms with Crippen molar-refractivity contribution < 1.29 is 42.9 Å². The lowest BCUT2D eigenvalue weighted by molar-refractivity contribution is -0.123. The van der Waals surface area contributed by atoms with Crippen LogP contribution in [0.4, 0.5) is 19.2 Å². The fourth-order valence-electron chi connectivity index (χ4n) is 3.50. The number of alkyl halides is 1. The summed E-state index contributed by atoms with van der Waals surface area (Å²) in [6, 6.07) is 5.72. The molecule has 4 N–H and O–H groups in total. The van der Waals surface area contributed by atoms with Crippen molar-refractivity contribution in [3.63, 3.8) is 0 Å². The number of hydrogen-bond donors (Lipinski definition) is 4. The Labute approximate surface area is 287 Å². The first-order valence-corrected chi connectivity index (χ1v) is 16.0. The van der Waals surface area contributed by atoms with Crippen LogP contribution < -0.4 is 26.0 Å². The first kappa shape index (κ1) is 41.8. The van der Waals surface area contributed by atoms with E-state index in [1.807, 2.05) is 0 Å². The monoisotopic (exact) mass is 698 g/mol. The summed E-state index contributed by atoms with van der Waals surface area (Å²) in [5.74, 6) is -0.0609. The van der Waals surface area contributed by atoms with Gasteiger partial charge in [-0.3, -0.25) is 20.4 Å². The van der Waals surface area contributed by atoms with E-state index in [9.17, 15) is 24.0 Å². The average molecular weight is 699 g/mol. The molecule has 0 saturated heterocycles. The largest absolute Gasteiger partial charge is 0.444 e. The third-order valence-corrected chi connectivity index (χ3v) is 5.82. The minimum atomic E-state index is -1.03. The second kappa shape index (κ2) is 18.9. The number of halogens is 1. The molecule has 0 saturated carbocycles. The molecule has 1 aromatic rings. The van der Waals surface area contributed by atoms with Gasteiger partial charge < -0.3 is 34.5 Å². The van der Waals surface area contributed by atoms with Crippen molar-refractivity contribution in [2.24, 2.45) is 4.99 Å². The maximum absolute atomic E-state index is 13.1. The van der Waals surface area contributed by atoms with E-state index < -0.39 is 53.1 Å². The molecule has 5 amide bonds. The van der Waals surface area contributed by atoms with E-state index in [0.717, 1.165) is 5.56 Å². The number of carbonyl (C=O) groups is 5. The van der Waals surface area contributed by atoms with Crippen molar-refractivity contribution in [2.75, 3.05) is 26.7 Å². The molecule has 0 fully saturated rings. The first-order chi connectivity index (χ1) is 22.1. The summed E-state index contributed by atoms with van der Waals surface area (Å²) < 4.78 is 21.1. The number of hydrogen-bond acceptors (Lipinski definition) is 10. The number of rotatable bonds is 11. The Bertz CT molecular complexity index is 1240. The van der Waals surface area contributed by atoms with Gasteiger partial charge in [-0.05, 0) is 92.9 Å². The fraction of sp³-hybridized carbons (Fsp3) is 0.625. The third kappa shape index (κ3) is 19.4. The number of nitrogens with one attached hydrogen (secondary N) is 4. The highest BCUT2D eigenvalue weighted by Gasteiger charge is 2.25. The molecule has 16 heteroatoms. The third-order valence-electron chi connectivity index (χ3n) is 5.51. The molecular weight excluding hydrogens is 648 g/mol. The van der Waals surface area contributed by atoms with Crippen molar-refractivity contribution in [3.05, 3.63) is 29.8 Å². The summed E-state index contributed by atoms with van der Waals surface area (Å²) in [6.07, 6.45) is -2.78. The Hall–Kier alpha value is -4.27. The molecule has 0 bridgehead atoms. The zero-order valence-corrected chi connectivity index (χ0v) is 30.3. The van der Waals surface area contributed by atoms with Gasteiger partial charge in [-0.15, -0.1) is 11.6 Å². The van der Waals surface area contributed by atoms with Gasteiger partial charge in [-0.25, -0.2) is 19.2 Å². The molecule has 0 heterocycles. The Kier molecular flexibility index (Phi) is 16.4. The van der Waals surface area contributed by atoms with E-state index in [1.54, 1.807) is 86.6 Å². The molecule has 1 rings (SSSR count). The van der Waals surface area contributed by atoms with Gasteiger partial charge in [0, 0.05) is 32.6 Å². The van der Waals surface area contributed by atoms with Crippen LogP contribution in [-0.4, -0.2) is 90.7 Å². The molecule has 0 aromatic heterocycles. The van der Waals surface area contributed by atoms with Crippen LogP contribution in [0.25, 0.3) is 0 Å². The van der Waals surface area contributed by atoms with Crippen LogP contribution in [0, 0.1) is 0 Å². The molecule has 0 aliphatic heterocycles. The molecule has 0 aliphatic carbocycles. The highest BCUT2D eigenvalue weighted by Crippen LogP contribution is 2.14. The van der Waals surface area contributed by atoms with Crippen molar-refractivity contribution in [1.82, 2.24) is 26.2 Å². The van der Waals surface area contributed by atoms with Crippen LogP contribution in [0.3, 0.4) is 0 Å². The van der Waals surface area contributed by atoms with Crippen LogP contribution in [0.1, 0.15) is 80.7 Å². The molecule has 0 spiro atoms. The summed E-state index contributed by atoms with van der Waals surface area (Å²) in [6.45, 7) is 15.4. The maximum atomic E-state index is 13.1. The molecule has 15 nitrogen and oxygen atoms in total. The lowest BCUT2D eigenvalue weighted by Gasteiger charge is -2.24. The smallest absolute Gasteiger partial charge is 0.415 e. The molecule has 1 atom stereocenters. The molecular formula is C32H51ClN6O9. The van der Waals surface area contributed by atoms with Crippen LogP contribution in [-0.2, 0) is 24.9 Å². The number of ether oxygens (including phenoxy) is 4. The average Bonchev–Trinajstić information content (AvgIpc) is 2.91. The number of benzene rings is 1. The van der Waals surface area contributed by atoms with E-state index in [2.05, 4.69) is 26.3 Å². The Morgan fingerprint density at radius 3 is 1.79 bits per heavy atom. The standard InChI is InChI=1S/C32H51ClN6O9/c1-30(2,3)46-26(41)36-23(24(40)34-18-19-39(10)29(44)45-22-15-13-21(20-33)14-16-22)12-11-17-35-25(37-27(42)47-31(4,5)6)38-28(43)48-32(7,8)9/h13-16,23H,11-12,17-20H2,1-10H3,(H,34,40)(H,36,41)(H2,35,37,38,42,43)/t23-/m0/s1. The predicted octanol–water partition coefficient (Wildman–Crippen LogP) is 5.05. The molecule has 0 radical (unpaired) electrons. The highest BCUT2D eigenvalue weighted by atomic mass is 35.5. The molecule has 0 aliphatic rings. The minimum Gasteiger partial charge on any atom is -0.444 e. The number of nitrogens with zero attached hydrogens (tertiary/aromatic N) is 2. The summed E-state index contributed by atoms with van der Waals surface area (Å²) in [5.41, 5.74) is -1.54. The van der Waals surface area contributed by atoms with Crippen molar-refractivity contribution in [2.45, 2.75) is 104 Å². The van der Waals surface area contributed by atoms with Crippen molar-refractivity contribution in [3.8, 4) is 5.75 Å². The summed E-state index contributed by atoms with van der Waals surface area (Å²) in [7, 11) is 1.52. The van der Waals surface area contributed by atoms with E-state index in [1.165, 1.54) is 11.9 Å². The van der Waals surface area contributed by atoms with E-state index in [-0.39, 0.29) is 38.4 Å². The Balaban J connectivity index is 2.89. The fourth-order valence-corrected chi connectivity index (χ4v) is 3.68.